The van der Waals surface area contributed by atoms with Crippen molar-refractivity contribution in [3.63, 3.8) is 0 Å². The van der Waals surface area contributed by atoms with E-state index in [0.29, 0.717) is 18.0 Å². The van der Waals surface area contributed by atoms with E-state index in [-0.39, 0.29) is 0 Å². The normalized spacial score (nSPS) is 10.2. The molecule has 0 aliphatic carbocycles. The summed E-state index contributed by atoms with van der Waals surface area (Å²) >= 11 is 0. The lowest BCUT2D eigenvalue weighted by Crippen LogP contribution is -2.18. The molecule has 1 aromatic heterocycles. The topological polar surface area (TPSA) is 60.6 Å². The molecule has 0 aliphatic heterocycles. The average Bonchev–Trinajstić information content (AvgIpc) is 2.47. The van der Waals surface area contributed by atoms with E-state index < -0.39 is 0 Å². The molecule has 1 heterocycles. The molecule has 0 unspecified atom stereocenters. The Morgan fingerprint density at radius 2 is 1.80 bits per heavy atom. The van der Waals surface area contributed by atoms with Gasteiger partial charge in [0.15, 0.2) is 11.5 Å². The van der Waals surface area contributed by atoms with Crippen molar-refractivity contribution in [2.24, 2.45) is 0 Å². The minimum atomic E-state index is 0.615. The highest BCUT2D eigenvalue weighted by Crippen LogP contribution is 2.30. The Balaban J connectivity index is 2.23. The molecule has 0 amide bonds. The number of pyridine rings is 1. The number of rotatable bonds is 5. The quantitative estimate of drug-likeness (QED) is 0.847. The van der Waals surface area contributed by atoms with Crippen molar-refractivity contribution >= 4 is 11.4 Å². The van der Waals surface area contributed by atoms with Crippen LogP contribution in [0.5, 0.6) is 11.5 Å². The maximum absolute atomic E-state index is 5.70. The highest BCUT2D eigenvalue weighted by Gasteiger charge is 2.13. The molecule has 2 N–H and O–H groups in total. The van der Waals surface area contributed by atoms with Crippen LogP contribution < -0.4 is 20.1 Å². The Labute approximate surface area is 118 Å². The van der Waals surface area contributed by atoms with Crippen LogP contribution in [-0.4, -0.2) is 26.3 Å². The van der Waals surface area contributed by atoms with Gasteiger partial charge in [-0.1, -0.05) is 0 Å². The van der Waals surface area contributed by atoms with E-state index in [1.165, 1.54) is 0 Å². The molecular formula is C15H19N3O2. The summed E-state index contributed by atoms with van der Waals surface area (Å²) in [5.74, 6) is 1.35. The summed E-state index contributed by atoms with van der Waals surface area (Å²) in [4.78, 5) is 6.44. The molecule has 2 rings (SSSR count). The Kier molecular flexibility index (Phi) is 4.30. The Morgan fingerprint density at radius 3 is 2.40 bits per heavy atom. The van der Waals surface area contributed by atoms with Gasteiger partial charge in [-0.2, -0.15) is 0 Å². The van der Waals surface area contributed by atoms with Crippen molar-refractivity contribution < 1.29 is 9.47 Å². The van der Waals surface area contributed by atoms with Crippen LogP contribution in [0.2, 0.25) is 0 Å². The van der Waals surface area contributed by atoms with Crippen LogP contribution in [0.25, 0.3) is 0 Å². The van der Waals surface area contributed by atoms with Crippen LogP contribution in [0.15, 0.2) is 36.5 Å². The van der Waals surface area contributed by atoms with E-state index in [9.17, 15) is 0 Å². The molecule has 5 nitrogen and oxygen atoms in total. The van der Waals surface area contributed by atoms with Gasteiger partial charge < -0.3 is 20.1 Å². The van der Waals surface area contributed by atoms with Crippen LogP contribution in [0.3, 0.4) is 0 Å². The molecule has 0 radical (unpaired) electrons. The van der Waals surface area contributed by atoms with E-state index in [1.54, 1.807) is 26.5 Å². The van der Waals surface area contributed by atoms with Crippen LogP contribution in [-0.2, 0) is 6.54 Å². The zero-order valence-corrected chi connectivity index (χ0v) is 12.0. The van der Waals surface area contributed by atoms with E-state index in [0.717, 1.165) is 17.1 Å². The number of methoxy groups -OCH3 is 2. The predicted octanol–water partition coefficient (Wildman–Crippen LogP) is 2.32. The van der Waals surface area contributed by atoms with Gasteiger partial charge in [0.05, 0.1) is 20.8 Å². The first kappa shape index (κ1) is 14.0. The lowest BCUT2D eigenvalue weighted by Gasteiger charge is -2.20. The minimum Gasteiger partial charge on any atom is -0.493 e. The molecule has 2 aromatic rings. The third-order valence-electron chi connectivity index (χ3n) is 3.09. The number of nitrogens with zero attached hydrogens (tertiary/aromatic N) is 2. The van der Waals surface area contributed by atoms with Gasteiger partial charge in [-0.3, -0.25) is 4.98 Å². The van der Waals surface area contributed by atoms with Gasteiger partial charge in [0.1, 0.15) is 5.69 Å². The highest BCUT2D eigenvalue weighted by atomic mass is 16.5. The van der Waals surface area contributed by atoms with Gasteiger partial charge in [0.2, 0.25) is 0 Å². The largest absolute Gasteiger partial charge is 0.493 e. The number of benzene rings is 1. The van der Waals surface area contributed by atoms with Gasteiger partial charge in [-0.25, -0.2) is 0 Å². The SMILES string of the molecule is COc1ccnc(CN(C)c2ccc(N)cc2)c1OC. The summed E-state index contributed by atoms with van der Waals surface area (Å²) in [5, 5.41) is 0. The molecule has 5 heteroatoms. The molecule has 0 atom stereocenters. The minimum absolute atomic E-state index is 0.615. The maximum atomic E-state index is 5.70. The second-order valence-electron chi connectivity index (χ2n) is 4.44. The average molecular weight is 273 g/mol. The van der Waals surface area contributed by atoms with Crippen LogP contribution in [0, 0.1) is 0 Å². The molecule has 0 saturated carbocycles. The molecule has 0 aliphatic rings. The number of nitrogen functional groups attached to an aromatic ring is 1. The van der Waals surface area contributed by atoms with Crippen molar-refractivity contribution in [1.82, 2.24) is 4.98 Å². The zero-order valence-electron chi connectivity index (χ0n) is 12.0. The van der Waals surface area contributed by atoms with Crippen LogP contribution in [0.4, 0.5) is 11.4 Å². The Morgan fingerprint density at radius 1 is 1.10 bits per heavy atom. The fourth-order valence-corrected chi connectivity index (χ4v) is 2.01. The number of nitrogens with two attached hydrogens (primary N) is 1. The monoisotopic (exact) mass is 273 g/mol. The Hall–Kier alpha value is -2.43. The van der Waals surface area contributed by atoms with Gasteiger partial charge in [0.25, 0.3) is 0 Å². The van der Waals surface area contributed by atoms with Crippen molar-refractivity contribution in [1.29, 1.82) is 0 Å². The third-order valence-corrected chi connectivity index (χ3v) is 3.09. The Bertz CT molecular complexity index is 570. The third kappa shape index (κ3) is 2.93. The van der Waals surface area contributed by atoms with Crippen molar-refractivity contribution in [3.8, 4) is 11.5 Å². The first-order chi connectivity index (χ1) is 9.65. The first-order valence-corrected chi connectivity index (χ1v) is 6.28. The molecule has 1 aromatic carbocycles. The van der Waals surface area contributed by atoms with Gasteiger partial charge in [-0.05, 0) is 24.3 Å². The molecule has 0 saturated heterocycles. The summed E-state index contributed by atoms with van der Waals surface area (Å²) < 4.78 is 10.7. The maximum Gasteiger partial charge on any atom is 0.184 e. The van der Waals surface area contributed by atoms with E-state index >= 15 is 0 Å². The zero-order chi connectivity index (χ0) is 14.5. The molecule has 20 heavy (non-hydrogen) atoms. The number of hydrogen-bond acceptors (Lipinski definition) is 5. The number of anilines is 2. The van der Waals surface area contributed by atoms with Crippen LogP contribution >= 0.6 is 0 Å². The smallest absolute Gasteiger partial charge is 0.184 e. The molecule has 0 fully saturated rings. The fraction of sp³-hybridized carbons (Fsp3) is 0.267. The molecule has 0 bridgehead atoms. The first-order valence-electron chi connectivity index (χ1n) is 6.28. The fourth-order valence-electron chi connectivity index (χ4n) is 2.01. The number of hydrogen-bond donors (Lipinski definition) is 1. The molecule has 106 valence electrons. The summed E-state index contributed by atoms with van der Waals surface area (Å²) in [6.07, 6.45) is 1.72. The molecule has 0 spiro atoms. The van der Waals surface area contributed by atoms with Gasteiger partial charge in [-0.15, -0.1) is 0 Å². The van der Waals surface area contributed by atoms with Crippen molar-refractivity contribution in [2.75, 3.05) is 31.9 Å². The van der Waals surface area contributed by atoms with E-state index in [4.69, 9.17) is 15.2 Å². The summed E-state index contributed by atoms with van der Waals surface area (Å²) in [6.45, 7) is 0.615. The van der Waals surface area contributed by atoms with Crippen LogP contribution in [0.1, 0.15) is 5.69 Å². The van der Waals surface area contributed by atoms with Crippen molar-refractivity contribution in [3.05, 3.63) is 42.2 Å². The summed E-state index contributed by atoms with van der Waals surface area (Å²) in [5.41, 5.74) is 8.33. The summed E-state index contributed by atoms with van der Waals surface area (Å²) in [7, 11) is 5.23. The number of ether oxygens (including phenoxy) is 2. The van der Waals surface area contributed by atoms with Crippen molar-refractivity contribution in [2.45, 2.75) is 6.54 Å². The predicted molar refractivity (Wildman–Crippen MR) is 80.3 cm³/mol. The lowest BCUT2D eigenvalue weighted by atomic mass is 10.2. The number of aromatic nitrogens is 1. The lowest BCUT2D eigenvalue weighted by molar-refractivity contribution is 0.349. The molecular weight excluding hydrogens is 254 g/mol. The van der Waals surface area contributed by atoms with E-state index in [1.807, 2.05) is 31.3 Å². The second kappa shape index (κ2) is 6.14. The summed E-state index contributed by atoms with van der Waals surface area (Å²) in [6, 6.07) is 9.49. The van der Waals surface area contributed by atoms with E-state index in [2.05, 4.69) is 9.88 Å². The standard InChI is InChI=1S/C15H19N3O2/c1-18(12-6-4-11(16)5-7-12)10-13-15(20-3)14(19-2)8-9-17-13/h4-9H,10,16H2,1-3H3. The van der Waals surface area contributed by atoms with Gasteiger partial charge in [0, 0.05) is 30.7 Å². The van der Waals surface area contributed by atoms with Gasteiger partial charge >= 0.3 is 0 Å². The second-order valence-corrected chi connectivity index (χ2v) is 4.44. The highest BCUT2D eigenvalue weighted by molar-refractivity contribution is 5.53.